The number of hydrogen-bond donors (Lipinski definition) is 1. The summed E-state index contributed by atoms with van der Waals surface area (Å²) in [7, 11) is -3.43. The highest BCUT2D eigenvalue weighted by molar-refractivity contribution is 7.89. The number of nitrogens with one attached hydrogen (secondary N) is 1. The van der Waals surface area contributed by atoms with Gasteiger partial charge in [-0.2, -0.15) is 0 Å². The minimum absolute atomic E-state index is 0.355. The largest absolute Gasteiger partial charge is 0.299 e. The van der Waals surface area contributed by atoms with E-state index >= 15 is 0 Å². The van der Waals surface area contributed by atoms with Crippen LogP contribution in [0.15, 0.2) is 59.5 Å². The van der Waals surface area contributed by atoms with Gasteiger partial charge in [-0.15, -0.1) is 0 Å². The quantitative estimate of drug-likeness (QED) is 0.782. The highest BCUT2D eigenvalue weighted by atomic mass is 32.2. The number of sulfonamides is 1. The zero-order valence-electron chi connectivity index (χ0n) is 16.3. The molecule has 1 aliphatic rings. The molecule has 0 radical (unpaired) electrons. The molecular weight excluding hydrogens is 356 g/mol. The molecule has 0 bridgehead atoms. The first-order valence-electron chi connectivity index (χ1n) is 9.80. The molecule has 1 aliphatic heterocycles. The van der Waals surface area contributed by atoms with Crippen molar-refractivity contribution in [1.29, 1.82) is 0 Å². The van der Waals surface area contributed by atoms with Crippen molar-refractivity contribution in [2.75, 3.05) is 19.6 Å². The molecule has 27 heavy (non-hydrogen) atoms. The second-order valence-corrected chi connectivity index (χ2v) is 9.55. The van der Waals surface area contributed by atoms with Gasteiger partial charge in [0.2, 0.25) is 10.0 Å². The van der Waals surface area contributed by atoms with E-state index in [9.17, 15) is 8.42 Å². The number of likely N-dealkylation sites (tertiary alicyclic amines) is 1. The highest BCUT2D eigenvalue weighted by Crippen LogP contribution is 2.20. The Bertz CT molecular complexity index is 809. The summed E-state index contributed by atoms with van der Waals surface area (Å²) in [4.78, 5) is 2.80. The maximum atomic E-state index is 12.5. The van der Waals surface area contributed by atoms with E-state index in [1.807, 2.05) is 18.2 Å². The Kier molecular flexibility index (Phi) is 6.68. The van der Waals surface area contributed by atoms with E-state index in [0.29, 0.717) is 23.3 Å². The third-order valence-corrected chi connectivity index (χ3v) is 6.81. The van der Waals surface area contributed by atoms with Crippen molar-refractivity contribution < 1.29 is 8.42 Å². The predicted octanol–water partition coefficient (Wildman–Crippen LogP) is 4.00. The van der Waals surface area contributed by atoms with Crippen molar-refractivity contribution in [3.8, 4) is 0 Å². The third-order valence-electron chi connectivity index (χ3n) is 5.38. The van der Waals surface area contributed by atoms with Gasteiger partial charge in [0.25, 0.3) is 0 Å². The van der Waals surface area contributed by atoms with E-state index < -0.39 is 10.0 Å². The Morgan fingerprint density at radius 1 is 1.00 bits per heavy atom. The first-order chi connectivity index (χ1) is 12.9. The molecule has 3 rings (SSSR count). The van der Waals surface area contributed by atoms with Crippen LogP contribution in [-0.2, 0) is 16.6 Å². The molecule has 0 unspecified atom stereocenters. The molecule has 1 N–H and O–H groups in total. The van der Waals surface area contributed by atoms with Gasteiger partial charge in [-0.25, -0.2) is 13.1 Å². The molecule has 1 fully saturated rings. The van der Waals surface area contributed by atoms with Crippen LogP contribution in [0.5, 0.6) is 0 Å². The predicted molar refractivity (Wildman–Crippen MR) is 110 cm³/mol. The minimum Gasteiger partial charge on any atom is -0.299 e. The molecule has 2 aromatic carbocycles. The van der Waals surface area contributed by atoms with E-state index in [-0.39, 0.29) is 0 Å². The summed E-state index contributed by atoms with van der Waals surface area (Å²) in [5, 5.41) is 0. The average Bonchev–Trinajstić information content (AvgIpc) is 2.68. The molecule has 0 aliphatic carbocycles. The standard InChI is InChI=1S/C22H30N2O2S/c1-18(2)21-8-10-22(11-9-21)27(25,26)23-16-19-12-14-24(15-13-19)17-20-6-4-3-5-7-20/h3-11,18-19,23H,12-17H2,1-2H3. The fraction of sp³-hybridized carbons (Fsp3) is 0.455. The van der Waals surface area contributed by atoms with Crippen LogP contribution in [0, 0.1) is 5.92 Å². The summed E-state index contributed by atoms with van der Waals surface area (Å²) in [6, 6.07) is 17.7. The normalized spacial score (nSPS) is 16.7. The Balaban J connectivity index is 1.47. The van der Waals surface area contributed by atoms with Crippen LogP contribution in [0.3, 0.4) is 0 Å². The SMILES string of the molecule is CC(C)c1ccc(S(=O)(=O)NCC2CCN(Cc3ccccc3)CC2)cc1. The van der Waals surface area contributed by atoms with Gasteiger partial charge in [0.1, 0.15) is 0 Å². The summed E-state index contributed by atoms with van der Waals surface area (Å²) in [6.07, 6.45) is 2.06. The van der Waals surface area contributed by atoms with Crippen LogP contribution in [0.1, 0.15) is 43.7 Å². The summed E-state index contributed by atoms with van der Waals surface area (Å²) >= 11 is 0. The van der Waals surface area contributed by atoms with Crippen molar-refractivity contribution in [3.05, 3.63) is 65.7 Å². The summed E-state index contributed by atoms with van der Waals surface area (Å²) < 4.78 is 27.9. The molecule has 5 heteroatoms. The van der Waals surface area contributed by atoms with Gasteiger partial charge >= 0.3 is 0 Å². The van der Waals surface area contributed by atoms with E-state index in [0.717, 1.165) is 38.0 Å². The average molecular weight is 387 g/mol. The fourth-order valence-electron chi connectivity index (χ4n) is 3.53. The number of benzene rings is 2. The zero-order chi connectivity index (χ0) is 19.3. The van der Waals surface area contributed by atoms with E-state index in [1.165, 1.54) is 5.56 Å². The molecule has 2 aromatic rings. The van der Waals surface area contributed by atoms with Crippen molar-refractivity contribution in [2.24, 2.45) is 5.92 Å². The summed E-state index contributed by atoms with van der Waals surface area (Å²) in [6.45, 7) is 7.74. The van der Waals surface area contributed by atoms with Crippen LogP contribution in [0.2, 0.25) is 0 Å². The number of nitrogens with zero attached hydrogens (tertiary/aromatic N) is 1. The lowest BCUT2D eigenvalue weighted by molar-refractivity contribution is 0.178. The van der Waals surface area contributed by atoms with Crippen LogP contribution in [-0.4, -0.2) is 33.0 Å². The monoisotopic (exact) mass is 386 g/mol. The molecule has 1 saturated heterocycles. The lowest BCUT2D eigenvalue weighted by Gasteiger charge is -2.32. The van der Waals surface area contributed by atoms with Crippen molar-refractivity contribution >= 4 is 10.0 Å². The Hall–Kier alpha value is -1.69. The second-order valence-electron chi connectivity index (χ2n) is 7.78. The lowest BCUT2D eigenvalue weighted by atomic mass is 9.97. The highest BCUT2D eigenvalue weighted by Gasteiger charge is 2.22. The zero-order valence-corrected chi connectivity index (χ0v) is 17.1. The smallest absolute Gasteiger partial charge is 0.240 e. The van der Waals surface area contributed by atoms with Crippen molar-refractivity contribution in [2.45, 2.75) is 44.0 Å². The van der Waals surface area contributed by atoms with Crippen LogP contribution in [0.25, 0.3) is 0 Å². The van der Waals surface area contributed by atoms with Gasteiger partial charge in [-0.3, -0.25) is 4.90 Å². The number of piperidine rings is 1. The van der Waals surface area contributed by atoms with Gasteiger partial charge in [0.15, 0.2) is 0 Å². The molecule has 0 aromatic heterocycles. The molecule has 4 nitrogen and oxygen atoms in total. The van der Waals surface area contributed by atoms with E-state index in [4.69, 9.17) is 0 Å². The first kappa shape index (κ1) is 20.1. The van der Waals surface area contributed by atoms with Gasteiger partial charge in [0.05, 0.1) is 4.90 Å². The summed E-state index contributed by atoms with van der Waals surface area (Å²) in [5.74, 6) is 0.803. The maximum Gasteiger partial charge on any atom is 0.240 e. The molecule has 1 heterocycles. The second kappa shape index (κ2) is 9.00. The minimum atomic E-state index is -3.43. The molecule has 0 spiro atoms. The maximum absolute atomic E-state index is 12.5. The molecule has 0 atom stereocenters. The Morgan fingerprint density at radius 2 is 1.63 bits per heavy atom. The van der Waals surface area contributed by atoms with Gasteiger partial charge in [0, 0.05) is 13.1 Å². The van der Waals surface area contributed by atoms with Crippen LogP contribution < -0.4 is 4.72 Å². The number of hydrogen-bond acceptors (Lipinski definition) is 3. The topological polar surface area (TPSA) is 49.4 Å². The van der Waals surface area contributed by atoms with Gasteiger partial charge in [-0.1, -0.05) is 56.3 Å². The lowest BCUT2D eigenvalue weighted by Crippen LogP contribution is -2.38. The first-order valence-corrected chi connectivity index (χ1v) is 11.3. The molecular formula is C22H30N2O2S. The third kappa shape index (κ3) is 5.64. The Morgan fingerprint density at radius 3 is 2.22 bits per heavy atom. The van der Waals surface area contributed by atoms with E-state index in [1.54, 1.807) is 12.1 Å². The van der Waals surface area contributed by atoms with Crippen molar-refractivity contribution in [1.82, 2.24) is 9.62 Å². The molecule has 146 valence electrons. The number of rotatable bonds is 7. The van der Waals surface area contributed by atoms with Crippen LogP contribution >= 0.6 is 0 Å². The summed E-state index contributed by atoms with van der Waals surface area (Å²) in [5.41, 5.74) is 2.49. The molecule has 0 amide bonds. The van der Waals surface area contributed by atoms with Gasteiger partial charge in [-0.05, 0) is 61.0 Å². The van der Waals surface area contributed by atoms with Crippen molar-refractivity contribution in [3.63, 3.8) is 0 Å². The van der Waals surface area contributed by atoms with Crippen LogP contribution in [0.4, 0.5) is 0 Å². The Labute approximate surface area is 163 Å². The fourth-order valence-corrected chi connectivity index (χ4v) is 4.65. The van der Waals surface area contributed by atoms with E-state index in [2.05, 4.69) is 47.7 Å². The van der Waals surface area contributed by atoms with Gasteiger partial charge < -0.3 is 0 Å². The molecule has 0 saturated carbocycles.